The fourth-order valence-corrected chi connectivity index (χ4v) is 4.43. The number of aryl methyl sites for hydroxylation is 1. The standard InChI is InChI=1S/C18H27NO5S/c1-13-6-4-5-7-16(13)24-11-10-19-25(21,22)17-9-8-15(12-14(17)2)18(20)23-3/h8-9,12-13,16,19H,4-7,10-11H2,1-3H3. The van der Waals surface area contributed by atoms with Crippen molar-refractivity contribution in [3.8, 4) is 0 Å². The van der Waals surface area contributed by atoms with Gasteiger partial charge in [-0.2, -0.15) is 0 Å². The molecule has 0 heterocycles. The van der Waals surface area contributed by atoms with Crippen LogP contribution in [0.4, 0.5) is 0 Å². The second kappa shape index (κ2) is 8.78. The molecule has 1 aromatic carbocycles. The van der Waals surface area contributed by atoms with E-state index in [2.05, 4.69) is 16.4 Å². The number of nitrogens with one attached hydrogen (secondary N) is 1. The molecule has 6 nitrogen and oxygen atoms in total. The molecule has 7 heteroatoms. The van der Waals surface area contributed by atoms with Gasteiger partial charge in [-0.15, -0.1) is 0 Å². The van der Waals surface area contributed by atoms with Gasteiger partial charge >= 0.3 is 5.97 Å². The van der Waals surface area contributed by atoms with E-state index >= 15 is 0 Å². The molecular weight excluding hydrogens is 342 g/mol. The average Bonchev–Trinajstić information content (AvgIpc) is 2.59. The Bertz CT molecular complexity index is 701. The van der Waals surface area contributed by atoms with E-state index < -0.39 is 16.0 Å². The van der Waals surface area contributed by atoms with Crippen molar-refractivity contribution >= 4 is 16.0 Å². The van der Waals surface area contributed by atoms with E-state index in [4.69, 9.17) is 4.74 Å². The lowest BCUT2D eigenvalue weighted by molar-refractivity contribution is -0.00176. The summed E-state index contributed by atoms with van der Waals surface area (Å²) in [6.45, 7) is 4.42. The number of esters is 1. The highest BCUT2D eigenvalue weighted by molar-refractivity contribution is 7.89. The fourth-order valence-electron chi connectivity index (χ4n) is 3.19. The largest absolute Gasteiger partial charge is 0.465 e. The Morgan fingerprint density at radius 1 is 1.28 bits per heavy atom. The van der Waals surface area contributed by atoms with Crippen LogP contribution < -0.4 is 4.72 Å². The van der Waals surface area contributed by atoms with Crippen LogP contribution >= 0.6 is 0 Å². The number of hydrogen-bond acceptors (Lipinski definition) is 5. The van der Waals surface area contributed by atoms with E-state index in [0.29, 0.717) is 23.7 Å². The highest BCUT2D eigenvalue weighted by Crippen LogP contribution is 2.26. The smallest absolute Gasteiger partial charge is 0.337 e. The Kier molecular flexibility index (Phi) is 6.98. The lowest BCUT2D eigenvalue weighted by atomic mass is 9.88. The zero-order chi connectivity index (χ0) is 18.4. The third-order valence-corrected chi connectivity index (χ3v) is 6.27. The van der Waals surface area contributed by atoms with Gasteiger partial charge in [-0.25, -0.2) is 17.9 Å². The number of carbonyl (C=O) groups is 1. The first-order chi connectivity index (χ1) is 11.8. The number of methoxy groups -OCH3 is 1. The van der Waals surface area contributed by atoms with E-state index in [0.717, 1.165) is 6.42 Å². The molecule has 1 aromatic rings. The van der Waals surface area contributed by atoms with Crippen molar-refractivity contribution < 1.29 is 22.7 Å². The molecule has 0 amide bonds. The molecule has 0 radical (unpaired) electrons. The predicted molar refractivity (Wildman–Crippen MR) is 95.1 cm³/mol. The number of ether oxygens (including phenoxy) is 2. The molecule has 0 aliphatic heterocycles. The summed E-state index contributed by atoms with van der Waals surface area (Å²) in [4.78, 5) is 11.7. The minimum absolute atomic E-state index is 0.159. The maximum Gasteiger partial charge on any atom is 0.337 e. The minimum Gasteiger partial charge on any atom is -0.465 e. The summed E-state index contributed by atoms with van der Waals surface area (Å²) in [6, 6.07) is 4.39. The van der Waals surface area contributed by atoms with Crippen LogP contribution in [0.3, 0.4) is 0 Å². The summed E-state index contributed by atoms with van der Waals surface area (Å²) in [5.41, 5.74) is 0.825. The first kappa shape index (κ1) is 19.9. The van der Waals surface area contributed by atoms with Crippen LogP contribution in [-0.4, -0.2) is 40.8 Å². The Balaban J connectivity index is 1.91. The molecule has 0 saturated heterocycles. The van der Waals surface area contributed by atoms with Crippen molar-refractivity contribution in [3.63, 3.8) is 0 Å². The topological polar surface area (TPSA) is 81.7 Å². The van der Waals surface area contributed by atoms with Crippen molar-refractivity contribution in [3.05, 3.63) is 29.3 Å². The first-order valence-corrected chi connectivity index (χ1v) is 10.1. The van der Waals surface area contributed by atoms with Gasteiger partial charge < -0.3 is 9.47 Å². The second-order valence-corrected chi connectivity index (χ2v) is 8.28. The van der Waals surface area contributed by atoms with Gasteiger partial charge in [0.05, 0.1) is 30.3 Å². The number of sulfonamides is 1. The van der Waals surface area contributed by atoms with E-state index in [9.17, 15) is 13.2 Å². The van der Waals surface area contributed by atoms with Crippen LogP contribution in [0.15, 0.2) is 23.1 Å². The van der Waals surface area contributed by atoms with Crippen molar-refractivity contribution in [1.82, 2.24) is 4.72 Å². The van der Waals surface area contributed by atoms with Gasteiger partial charge in [-0.05, 0) is 49.4 Å². The third-order valence-electron chi connectivity index (χ3n) is 4.64. The molecule has 0 spiro atoms. The van der Waals surface area contributed by atoms with Gasteiger partial charge in [0.1, 0.15) is 0 Å². The zero-order valence-electron chi connectivity index (χ0n) is 15.1. The van der Waals surface area contributed by atoms with E-state index in [1.165, 1.54) is 44.6 Å². The van der Waals surface area contributed by atoms with Gasteiger partial charge in [0.15, 0.2) is 0 Å². The van der Waals surface area contributed by atoms with Gasteiger partial charge in [0.25, 0.3) is 0 Å². The van der Waals surface area contributed by atoms with Crippen LogP contribution in [0.25, 0.3) is 0 Å². The predicted octanol–water partition coefficient (Wildman–Crippen LogP) is 2.66. The minimum atomic E-state index is -3.64. The number of rotatable bonds is 7. The third kappa shape index (κ3) is 5.26. The molecule has 2 rings (SSSR count). The van der Waals surface area contributed by atoms with Gasteiger partial charge in [0, 0.05) is 6.54 Å². The summed E-state index contributed by atoms with van der Waals surface area (Å²) < 4.78 is 37.9. The molecule has 0 bridgehead atoms. The van der Waals surface area contributed by atoms with Crippen molar-refractivity contribution in [2.45, 2.75) is 50.5 Å². The van der Waals surface area contributed by atoms with Gasteiger partial charge in [-0.3, -0.25) is 0 Å². The molecule has 1 fully saturated rings. The second-order valence-electron chi connectivity index (χ2n) is 6.54. The van der Waals surface area contributed by atoms with Gasteiger partial charge in [-0.1, -0.05) is 19.8 Å². The number of carbonyl (C=O) groups excluding carboxylic acids is 1. The monoisotopic (exact) mass is 369 g/mol. The molecule has 1 saturated carbocycles. The highest BCUT2D eigenvalue weighted by atomic mass is 32.2. The van der Waals surface area contributed by atoms with Crippen LogP contribution in [0, 0.1) is 12.8 Å². The Morgan fingerprint density at radius 2 is 2.00 bits per heavy atom. The summed E-state index contributed by atoms with van der Waals surface area (Å²) in [7, 11) is -2.35. The van der Waals surface area contributed by atoms with E-state index in [1.807, 2.05) is 0 Å². The van der Waals surface area contributed by atoms with Crippen molar-refractivity contribution in [1.29, 1.82) is 0 Å². The average molecular weight is 369 g/mol. The fraction of sp³-hybridized carbons (Fsp3) is 0.611. The van der Waals surface area contributed by atoms with Crippen LogP contribution in [0.5, 0.6) is 0 Å². The molecule has 1 N–H and O–H groups in total. The highest BCUT2D eigenvalue weighted by Gasteiger charge is 2.22. The summed E-state index contributed by atoms with van der Waals surface area (Å²) in [6.07, 6.45) is 4.85. The quantitative estimate of drug-likeness (QED) is 0.590. The molecular formula is C18H27NO5S. The normalized spacial score (nSPS) is 21.1. The van der Waals surface area contributed by atoms with Crippen LogP contribution in [0.2, 0.25) is 0 Å². The Hall–Kier alpha value is -1.44. The molecule has 2 unspecified atom stereocenters. The van der Waals surface area contributed by atoms with E-state index in [-0.39, 0.29) is 17.5 Å². The maximum absolute atomic E-state index is 12.4. The Labute approximate surface area is 150 Å². The first-order valence-electron chi connectivity index (χ1n) is 8.65. The zero-order valence-corrected chi connectivity index (χ0v) is 15.9. The summed E-state index contributed by atoms with van der Waals surface area (Å²) in [5, 5.41) is 0. The van der Waals surface area contributed by atoms with Gasteiger partial charge in [0.2, 0.25) is 10.0 Å². The molecule has 0 aromatic heterocycles. The number of benzene rings is 1. The lowest BCUT2D eigenvalue weighted by Gasteiger charge is -2.28. The maximum atomic E-state index is 12.4. The summed E-state index contributed by atoms with van der Waals surface area (Å²) >= 11 is 0. The molecule has 2 atom stereocenters. The molecule has 1 aliphatic carbocycles. The van der Waals surface area contributed by atoms with Crippen LogP contribution in [-0.2, 0) is 19.5 Å². The number of hydrogen-bond donors (Lipinski definition) is 1. The summed E-state index contributed by atoms with van der Waals surface area (Å²) in [5.74, 6) is 0.0356. The molecule has 140 valence electrons. The molecule has 25 heavy (non-hydrogen) atoms. The van der Waals surface area contributed by atoms with Crippen molar-refractivity contribution in [2.24, 2.45) is 5.92 Å². The van der Waals surface area contributed by atoms with E-state index in [1.54, 1.807) is 6.92 Å². The van der Waals surface area contributed by atoms with Crippen LogP contribution in [0.1, 0.15) is 48.5 Å². The van der Waals surface area contributed by atoms with Crippen molar-refractivity contribution in [2.75, 3.05) is 20.3 Å². The molecule has 1 aliphatic rings. The Morgan fingerprint density at radius 3 is 2.64 bits per heavy atom. The SMILES string of the molecule is COC(=O)c1ccc(S(=O)(=O)NCCOC2CCCCC2C)c(C)c1. The lowest BCUT2D eigenvalue weighted by Crippen LogP contribution is -2.32.